The molecule has 1 aromatic carbocycles. The molecule has 0 fully saturated rings. The molecule has 0 saturated heterocycles. The molecule has 2 rings (SSSR count). The highest BCUT2D eigenvalue weighted by molar-refractivity contribution is 7.99. The highest BCUT2D eigenvalue weighted by atomic mass is 32.2. The number of para-hydroxylation sites is 1. The Labute approximate surface area is 147 Å². The fraction of sp³-hybridized carbons (Fsp3) is 0.316. The largest absolute Gasteiger partial charge is 0.449 e. The zero-order valence-electron chi connectivity index (χ0n) is 13.8. The van der Waals surface area contributed by atoms with Gasteiger partial charge in [-0.25, -0.2) is 0 Å². The van der Waals surface area contributed by atoms with Crippen molar-refractivity contribution in [1.29, 1.82) is 0 Å². The molecule has 0 aliphatic rings. The quantitative estimate of drug-likeness (QED) is 0.403. The van der Waals surface area contributed by atoms with E-state index in [-0.39, 0.29) is 5.43 Å². The normalized spacial score (nSPS) is 11.7. The Morgan fingerprint density at radius 1 is 1.22 bits per heavy atom. The maximum absolute atomic E-state index is 12.5. The summed E-state index contributed by atoms with van der Waals surface area (Å²) in [7, 11) is 0. The highest BCUT2D eigenvalue weighted by Gasteiger charge is 2.11. The Bertz CT molecular complexity index is 797. The van der Waals surface area contributed by atoms with Gasteiger partial charge >= 0.3 is 0 Å². The Kier molecular flexibility index (Phi) is 6.60. The van der Waals surface area contributed by atoms with Crippen LogP contribution in [0, 0.1) is 0 Å². The molecule has 0 radical (unpaired) electrons. The van der Waals surface area contributed by atoms with Crippen LogP contribution < -0.4 is 5.43 Å². The first kappa shape index (κ1) is 18.0. The minimum absolute atomic E-state index is 0.00237. The van der Waals surface area contributed by atoms with E-state index in [1.54, 1.807) is 12.1 Å². The van der Waals surface area contributed by atoms with E-state index in [0.717, 1.165) is 18.6 Å². The molecule has 2 aromatic rings. The number of benzene rings is 1. The number of thioether (sulfide) groups is 1. The van der Waals surface area contributed by atoms with Crippen LogP contribution in [0.2, 0.25) is 0 Å². The van der Waals surface area contributed by atoms with E-state index in [1.165, 1.54) is 22.9 Å². The van der Waals surface area contributed by atoms with Gasteiger partial charge in [-0.1, -0.05) is 35.4 Å². The molecule has 0 N–H and O–H groups in total. The van der Waals surface area contributed by atoms with Crippen molar-refractivity contribution in [2.45, 2.75) is 43.6 Å². The first-order valence-electron chi connectivity index (χ1n) is 7.65. The predicted octanol–water partition coefficient (Wildman–Crippen LogP) is 5.87. The van der Waals surface area contributed by atoms with Crippen molar-refractivity contribution < 1.29 is 4.42 Å². The lowest BCUT2D eigenvalue weighted by molar-refractivity contribution is 0.479. The molecule has 0 bridgehead atoms. The van der Waals surface area contributed by atoms with Crippen LogP contribution in [0.15, 0.2) is 66.8 Å². The fourth-order valence-electron chi connectivity index (χ4n) is 2.20. The third-order valence-electron chi connectivity index (χ3n) is 3.49. The summed E-state index contributed by atoms with van der Waals surface area (Å²) in [5.74, 6) is 0.747. The molecule has 122 valence electrons. The molecule has 0 aliphatic heterocycles. The second-order valence-electron chi connectivity index (χ2n) is 5.74. The van der Waals surface area contributed by atoms with Gasteiger partial charge in [-0.2, -0.15) is 0 Å². The molecule has 0 saturated carbocycles. The van der Waals surface area contributed by atoms with E-state index in [1.807, 2.05) is 12.1 Å². The van der Waals surface area contributed by atoms with Gasteiger partial charge in [0.2, 0.25) is 5.43 Å². The average molecular weight is 347 g/mol. The third-order valence-corrected chi connectivity index (χ3v) is 4.95. The fourth-order valence-corrected chi connectivity index (χ4v) is 3.53. The van der Waals surface area contributed by atoms with Gasteiger partial charge in [-0.3, -0.25) is 4.79 Å². The van der Waals surface area contributed by atoms with Gasteiger partial charge in [0.05, 0.1) is 5.39 Å². The van der Waals surface area contributed by atoms with Crippen LogP contribution in [0.25, 0.3) is 11.0 Å². The van der Waals surface area contributed by atoms with E-state index in [4.69, 9.17) is 4.42 Å². The minimum atomic E-state index is -0.00237. The number of fused-ring (bicyclic) bond motifs is 1. The Morgan fingerprint density at radius 3 is 2.70 bits per heavy atom. The second kappa shape index (κ2) is 8.46. The monoisotopic (exact) mass is 346 g/mol. The summed E-state index contributed by atoms with van der Waals surface area (Å²) in [6, 6.07) is 7.28. The molecule has 1 heterocycles. The molecule has 4 heteroatoms. The van der Waals surface area contributed by atoms with Crippen LogP contribution in [0.1, 0.15) is 33.6 Å². The van der Waals surface area contributed by atoms with Crippen LogP contribution in [0.5, 0.6) is 0 Å². The lowest BCUT2D eigenvalue weighted by Gasteiger charge is -2.05. The Hall–Kier alpha value is -1.39. The summed E-state index contributed by atoms with van der Waals surface area (Å²) >= 11 is 5.81. The van der Waals surface area contributed by atoms with Gasteiger partial charge in [-0.05, 0) is 45.7 Å². The molecule has 23 heavy (non-hydrogen) atoms. The summed E-state index contributed by atoms with van der Waals surface area (Å²) in [5, 5.41) is 1.01. The molecule has 0 aliphatic carbocycles. The Balaban J connectivity index is 2.08. The predicted molar refractivity (Wildman–Crippen MR) is 103 cm³/mol. The van der Waals surface area contributed by atoms with Gasteiger partial charge in [0.1, 0.15) is 10.5 Å². The summed E-state index contributed by atoms with van der Waals surface area (Å²) in [6.07, 6.45) is 6.52. The van der Waals surface area contributed by atoms with Crippen molar-refractivity contribution in [1.82, 2.24) is 0 Å². The second-order valence-corrected chi connectivity index (χ2v) is 7.18. The van der Waals surface area contributed by atoms with E-state index < -0.39 is 0 Å². The first-order valence-corrected chi connectivity index (χ1v) is 9.09. The molecular formula is C19H22O2S2. The number of rotatable bonds is 6. The Morgan fingerprint density at radius 2 is 1.96 bits per heavy atom. The standard InChI is InChI=1S/C19H22O2S2/c1-13(2)7-6-8-14(3)11-12-23-18-17(20)15-9-4-5-10-16(15)21-19(18)22/h4-5,7,9-11,22H,6,8,12H2,1-3H3/b14-11+. The summed E-state index contributed by atoms with van der Waals surface area (Å²) in [5.41, 5.74) is 3.26. The summed E-state index contributed by atoms with van der Waals surface area (Å²) in [4.78, 5) is 13.1. The highest BCUT2D eigenvalue weighted by Crippen LogP contribution is 2.26. The van der Waals surface area contributed by atoms with Gasteiger partial charge in [0.15, 0.2) is 5.09 Å². The van der Waals surface area contributed by atoms with E-state index in [9.17, 15) is 4.79 Å². The van der Waals surface area contributed by atoms with E-state index in [2.05, 4.69) is 45.6 Å². The number of allylic oxidation sites excluding steroid dienone is 3. The van der Waals surface area contributed by atoms with Gasteiger partial charge in [0.25, 0.3) is 0 Å². The van der Waals surface area contributed by atoms with Crippen LogP contribution in [0.4, 0.5) is 0 Å². The molecule has 2 nitrogen and oxygen atoms in total. The molecular weight excluding hydrogens is 324 g/mol. The smallest absolute Gasteiger partial charge is 0.207 e. The van der Waals surface area contributed by atoms with Crippen molar-refractivity contribution in [3.63, 3.8) is 0 Å². The topological polar surface area (TPSA) is 30.2 Å². The number of thiol groups is 1. The van der Waals surface area contributed by atoms with Crippen LogP contribution in [-0.2, 0) is 0 Å². The molecule has 0 amide bonds. The lowest BCUT2D eigenvalue weighted by atomic mass is 10.1. The van der Waals surface area contributed by atoms with E-state index >= 15 is 0 Å². The number of hydrogen-bond donors (Lipinski definition) is 1. The van der Waals surface area contributed by atoms with Gasteiger partial charge in [0, 0.05) is 5.75 Å². The van der Waals surface area contributed by atoms with Crippen molar-refractivity contribution >= 4 is 35.4 Å². The summed E-state index contributed by atoms with van der Waals surface area (Å²) < 4.78 is 5.64. The van der Waals surface area contributed by atoms with Gasteiger partial charge in [-0.15, -0.1) is 24.4 Å². The number of hydrogen-bond acceptors (Lipinski definition) is 4. The van der Waals surface area contributed by atoms with E-state index in [0.29, 0.717) is 21.0 Å². The van der Waals surface area contributed by atoms with Crippen molar-refractivity contribution in [2.75, 3.05) is 5.75 Å². The molecule has 0 unspecified atom stereocenters. The lowest BCUT2D eigenvalue weighted by Crippen LogP contribution is -2.05. The minimum Gasteiger partial charge on any atom is -0.449 e. The van der Waals surface area contributed by atoms with Gasteiger partial charge < -0.3 is 4.42 Å². The van der Waals surface area contributed by atoms with Crippen LogP contribution in [0.3, 0.4) is 0 Å². The zero-order valence-corrected chi connectivity index (χ0v) is 15.5. The third kappa shape index (κ3) is 5.05. The van der Waals surface area contributed by atoms with Crippen molar-refractivity contribution in [3.8, 4) is 0 Å². The van der Waals surface area contributed by atoms with Crippen LogP contribution in [-0.4, -0.2) is 5.75 Å². The maximum Gasteiger partial charge on any atom is 0.207 e. The summed E-state index contributed by atoms with van der Waals surface area (Å²) in [6.45, 7) is 6.36. The van der Waals surface area contributed by atoms with Crippen molar-refractivity contribution in [3.05, 3.63) is 57.8 Å². The molecule has 0 spiro atoms. The first-order chi connectivity index (χ1) is 11.0. The zero-order chi connectivity index (χ0) is 16.8. The van der Waals surface area contributed by atoms with Crippen LogP contribution >= 0.6 is 24.4 Å². The molecule has 1 aromatic heterocycles. The van der Waals surface area contributed by atoms with Crippen molar-refractivity contribution in [2.24, 2.45) is 0 Å². The SMILES string of the molecule is CC(C)=CCC/C(C)=C/CSc1c(S)oc2ccccc2c1=O. The maximum atomic E-state index is 12.5. The average Bonchev–Trinajstić information content (AvgIpc) is 2.50. The molecule has 0 atom stereocenters.